The minimum absolute atomic E-state index is 0.0377. The Morgan fingerprint density at radius 1 is 0.845 bits per heavy atom. The Hall–Kier alpha value is -6.76. The molecule has 2 aliphatic heterocycles. The van der Waals surface area contributed by atoms with E-state index in [9.17, 15) is 24.3 Å². The van der Waals surface area contributed by atoms with Gasteiger partial charge in [0.05, 0.1) is 33.9 Å². The van der Waals surface area contributed by atoms with Crippen LogP contribution in [0.1, 0.15) is 112 Å². The molecule has 372 valence electrons. The van der Waals surface area contributed by atoms with Crippen molar-refractivity contribution >= 4 is 52.2 Å². The molecule has 2 unspecified atom stereocenters. The van der Waals surface area contributed by atoms with E-state index < -0.39 is 53.3 Å². The highest BCUT2D eigenvalue weighted by molar-refractivity contribution is 7.15. The summed E-state index contributed by atoms with van der Waals surface area (Å²) in [7, 11) is 0. The summed E-state index contributed by atoms with van der Waals surface area (Å²) in [5.41, 5.74) is 8.64. The van der Waals surface area contributed by atoms with Crippen LogP contribution in [0.2, 0.25) is 0 Å². The van der Waals surface area contributed by atoms with Crippen molar-refractivity contribution in [1.29, 1.82) is 0 Å². The molecule has 18 heteroatoms. The number of aliphatic hydroxyl groups is 1. The number of ether oxygens (including phenoxy) is 2. The molecule has 3 aromatic carbocycles. The van der Waals surface area contributed by atoms with E-state index in [2.05, 4.69) is 45.0 Å². The van der Waals surface area contributed by atoms with Crippen molar-refractivity contribution in [1.82, 2.24) is 40.6 Å². The lowest BCUT2D eigenvalue weighted by Gasteiger charge is -2.35. The first-order valence-electron chi connectivity index (χ1n) is 23.6. The number of hydrogen-bond donors (Lipinski definition) is 4. The van der Waals surface area contributed by atoms with E-state index >= 15 is 0 Å². The second-order valence-corrected chi connectivity index (χ2v) is 22.3. The van der Waals surface area contributed by atoms with E-state index in [0.717, 1.165) is 59.4 Å². The average molecular weight is 1000 g/mol. The quantitative estimate of drug-likeness (QED) is 0.0921. The number of β-amino-alcohol motifs (C(OH)–C–C–N with tert-alkyl or cyclic N) is 1. The summed E-state index contributed by atoms with van der Waals surface area (Å²) in [6, 6.07) is 21.0. The van der Waals surface area contributed by atoms with Crippen LogP contribution < -0.4 is 20.7 Å². The van der Waals surface area contributed by atoms with Gasteiger partial charge in [-0.15, -0.1) is 32.9 Å². The van der Waals surface area contributed by atoms with Gasteiger partial charge in [0.1, 0.15) is 34.3 Å². The second-order valence-electron chi connectivity index (χ2n) is 20.2. The summed E-state index contributed by atoms with van der Waals surface area (Å²) in [6.45, 7) is 20.4. The molecule has 2 aliphatic rings. The third kappa shape index (κ3) is 11.1. The van der Waals surface area contributed by atoms with Crippen LogP contribution in [0, 0.1) is 33.1 Å². The molecule has 0 saturated carbocycles. The van der Waals surface area contributed by atoms with Crippen molar-refractivity contribution in [3.63, 3.8) is 0 Å². The van der Waals surface area contributed by atoms with Gasteiger partial charge < -0.3 is 30.1 Å². The molecule has 6 aromatic rings. The van der Waals surface area contributed by atoms with Crippen molar-refractivity contribution in [2.24, 2.45) is 10.4 Å². The molecule has 1 saturated heterocycles. The van der Waals surface area contributed by atoms with E-state index in [-0.39, 0.29) is 31.5 Å². The topological polar surface area (TPSA) is 202 Å². The predicted octanol–water partition coefficient (Wildman–Crippen LogP) is 8.48. The fraction of sp³-hybridized carbons (Fsp3) is 0.396. The fourth-order valence-electron chi connectivity index (χ4n) is 8.77. The van der Waals surface area contributed by atoms with Crippen LogP contribution in [-0.4, -0.2) is 96.2 Å². The monoisotopic (exact) mass is 999 g/mol. The van der Waals surface area contributed by atoms with E-state index in [1.807, 2.05) is 112 Å². The molecule has 0 spiro atoms. The number of likely N-dealkylation sites (tertiary alicyclic amines) is 1. The molecule has 0 radical (unpaired) electrons. The molecule has 5 heterocycles. The van der Waals surface area contributed by atoms with Gasteiger partial charge in [-0.1, -0.05) is 81.4 Å². The number of rotatable bonds is 12. The number of aryl methyl sites for hydroxylation is 3. The van der Waals surface area contributed by atoms with E-state index in [1.165, 1.54) is 4.90 Å². The molecular weight excluding hydrogens is 939 g/mol. The number of thiazole rings is 1. The Morgan fingerprint density at radius 2 is 1.48 bits per heavy atom. The number of carbonyl (C=O) groups excluding carboxylic acids is 4. The summed E-state index contributed by atoms with van der Waals surface area (Å²) >= 11 is 3.19. The van der Waals surface area contributed by atoms with Crippen molar-refractivity contribution in [3.05, 3.63) is 123 Å². The van der Waals surface area contributed by atoms with Crippen LogP contribution in [-0.2, 0) is 19.1 Å². The highest BCUT2D eigenvalue weighted by Crippen LogP contribution is 2.39. The minimum Gasteiger partial charge on any atom is -0.484 e. The van der Waals surface area contributed by atoms with Gasteiger partial charge in [-0.3, -0.25) is 29.3 Å². The largest absolute Gasteiger partial charge is 0.484 e. The zero-order valence-corrected chi connectivity index (χ0v) is 43.5. The minimum atomic E-state index is -1.01. The number of nitrogens with zero attached hydrogens (tertiary/aromatic N) is 6. The van der Waals surface area contributed by atoms with Gasteiger partial charge in [0.25, 0.3) is 5.91 Å². The normalized spacial score (nSPS) is 17.5. The van der Waals surface area contributed by atoms with Crippen LogP contribution in [0.4, 0.5) is 4.79 Å². The van der Waals surface area contributed by atoms with Gasteiger partial charge in [0.2, 0.25) is 11.8 Å². The van der Waals surface area contributed by atoms with Gasteiger partial charge in [0, 0.05) is 29.0 Å². The van der Waals surface area contributed by atoms with E-state index in [1.54, 1.807) is 55.6 Å². The first kappa shape index (κ1) is 50.6. The van der Waals surface area contributed by atoms with Crippen molar-refractivity contribution < 1.29 is 33.8 Å². The molecule has 5 atom stereocenters. The van der Waals surface area contributed by atoms with Gasteiger partial charge in [0.15, 0.2) is 18.6 Å². The number of alkyl carbamates (subject to hydrolysis) is 1. The molecule has 1 fully saturated rings. The zero-order valence-electron chi connectivity index (χ0n) is 41.9. The molecule has 16 nitrogen and oxygen atoms in total. The summed E-state index contributed by atoms with van der Waals surface area (Å²) in [5.74, 6) is 0.254. The van der Waals surface area contributed by atoms with Crippen LogP contribution in [0.15, 0.2) is 83.3 Å². The maximum absolute atomic E-state index is 14.2. The number of nitrogens with one attached hydrogen (secondary N) is 3. The Kier molecular flexibility index (Phi) is 14.4. The van der Waals surface area contributed by atoms with Crippen molar-refractivity contribution in [3.8, 4) is 32.3 Å². The Morgan fingerprint density at radius 3 is 2.10 bits per heavy atom. The van der Waals surface area contributed by atoms with E-state index in [4.69, 9.17) is 14.5 Å². The third-order valence-electron chi connectivity index (χ3n) is 12.6. The first-order valence-corrected chi connectivity index (χ1v) is 25.3. The molecule has 71 heavy (non-hydrogen) atoms. The predicted molar refractivity (Wildman–Crippen MR) is 275 cm³/mol. The van der Waals surface area contributed by atoms with Gasteiger partial charge >= 0.3 is 6.09 Å². The van der Waals surface area contributed by atoms with Crippen LogP contribution >= 0.6 is 22.7 Å². The zero-order chi connectivity index (χ0) is 51.1. The number of carbonyl (C=O) groups is 4. The van der Waals surface area contributed by atoms with Gasteiger partial charge in [-0.25, -0.2) is 9.78 Å². The molecule has 4 N–H and O–H groups in total. The van der Waals surface area contributed by atoms with Crippen molar-refractivity contribution in [2.75, 3.05) is 13.2 Å². The number of thiophene rings is 1. The van der Waals surface area contributed by atoms with Crippen molar-refractivity contribution in [2.45, 2.75) is 119 Å². The average Bonchev–Trinajstić information content (AvgIpc) is 4.08. The maximum atomic E-state index is 14.2. The van der Waals surface area contributed by atoms with Crippen LogP contribution in [0.5, 0.6) is 5.75 Å². The Balaban J connectivity index is 0.911. The second kappa shape index (κ2) is 20.2. The lowest BCUT2D eigenvalue weighted by molar-refractivity contribution is -0.144. The molecular formula is C53H61N9O7S2. The van der Waals surface area contributed by atoms with Gasteiger partial charge in [-0.2, -0.15) is 0 Å². The summed E-state index contributed by atoms with van der Waals surface area (Å²) in [4.78, 5) is 67.6. The Labute approximate surface area is 421 Å². The molecule has 4 amide bonds. The number of benzene rings is 3. The highest BCUT2D eigenvalue weighted by atomic mass is 32.1. The smallest absolute Gasteiger partial charge is 0.409 e. The lowest BCUT2D eigenvalue weighted by Crippen LogP contribution is -2.58. The first-order chi connectivity index (χ1) is 33.6. The highest BCUT2D eigenvalue weighted by Gasteiger charge is 2.45. The van der Waals surface area contributed by atoms with Crippen LogP contribution in [0.25, 0.3) is 26.6 Å². The number of fused-ring (bicyclic) bond motifs is 3. The molecule has 0 aliphatic carbocycles. The molecule has 8 rings (SSSR count). The van der Waals surface area contributed by atoms with Gasteiger partial charge in [-0.05, 0) is 101 Å². The summed E-state index contributed by atoms with van der Waals surface area (Å²) in [5, 5.41) is 29.2. The number of hydrogen-bond acceptors (Lipinski definition) is 13. The third-order valence-corrected chi connectivity index (χ3v) is 14.8. The number of amides is 4. The lowest BCUT2D eigenvalue weighted by atomic mass is 9.85. The standard InChI is InChI=1S/C53H61N9O7S2/c1-28-31(4)71-50-42(28)43(57-46(47-60-59-32(5)62(47)50)58-51(67)69-53(9,10)11)36-16-14-34(15-17-36)35-20-22-39(23-21-35)68-26-41(64)56-45(52(6,7)8)49(66)61-25-38(63)24-40(61)48(65)55-29(2)33-12-18-37(19-13-33)44-30(3)54-27-70-44/h12-23,27,29,38,40,45-46,63H,24-26H2,1-11H3,(H,55,65)(H,56,64)(H,58,67)/t29-,38+,40-,45?,46?/m0/s1. The molecule has 0 bridgehead atoms. The summed E-state index contributed by atoms with van der Waals surface area (Å²) < 4.78 is 13.5. The summed E-state index contributed by atoms with van der Waals surface area (Å²) in [6.07, 6.45) is -2.31. The van der Waals surface area contributed by atoms with E-state index in [0.29, 0.717) is 23.1 Å². The number of aliphatic hydroxyl groups excluding tert-OH is 1. The maximum Gasteiger partial charge on any atom is 0.409 e. The Bertz CT molecular complexity index is 2980. The SMILES string of the molecule is Cc1ncsc1-c1ccc([C@H](C)NC(=O)[C@@H]2C[C@@H](O)CN2C(=O)C(NC(=O)COc2ccc(-c3ccc(C4=NC(NC(=O)OC(C)(C)C)c5nnc(C)n5-c5sc(C)c(C)c54)cc3)cc2)C(C)(C)C)cc1. The number of aliphatic imine (C=N–C) groups is 1. The molecule has 3 aromatic heterocycles. The van der Waals surface area contributed by atoms with Crippen LogP contribution in [0.3, 0.4) is 0 Å². The number of aromatic nitrogens is 4. The fourth-order valence-corrected chi connectivity index (χ4v) is 10.8.